The van der Waals surface area contributed by atoms with Crippen molar-refractivity contribution in [3.05, 3.63) is 13.2 Å². The molecule has 0 nitrogen and oxygen atoms in total. The maximum atomic E-state index is 4.70. The van der Waals surface area contributed by atoms with E-state index < -0.39 is 0 Å². The molecule has 0 amide bonds. The fraction of sp³-hybridized carbons (Fsp3) is 0.600. The number of hydrogen-bond donors (Lipinski definition) is 0. The van der Waals surface area contributed by atoms with E-state index in [1.54, 1.807) is 0 Å². The molecule has 1 atom stereocenters. The summed E-state index contributed by atoms with van der Waals surface area (Å²) < 4.78 is 0. The van der Waals surface area contributed by atoms with Crippen molar-refractivity contribution < 1.29 is 0 Å². The van der Waals surface area contributed by atoms with Crippen LogP contribution in [0.15, 0.2) is 13.2 Å². The van der Waals surface area contributed by atoms with E-state index in [1.807, 2.05) is 0 Å². The van der Waals surface area contributed by atoms with Gasteiger partial charge >= 0.3 is 0 Å². The third kappa shape index (κ3) is 9.73. The average Bonchev–Trinajstić information content (AvgIpc) is 1.91. The highest BCUT2D eigenvalue weighted by Crippen LogP contribution is 1.69. The van der Waals surface area contributed by atoms with Gasteiger partial charge in [0.1, 0.15) is 0 Å². The topological polar surface area (TPSA) is 0 Å². The average molecular weight is 168 g/mol. The van der Waals surface area contributed by atoms with E-state index in [4.69, 9.17) is 11.2 Å². The first-order chi connectivity index (χ1) is 3.81. The van der Waals surface area contributed by atoms with Gasteiger partial charge in [0.05, 0.1) is 0 Å². The zero-order valence-electron chi connectivity index (χ0n) is 5.35. The Labute approximate surface area is 61.8 Å². The second-order valence-electron chi connectivity index (χ2n) is 0.930. The molecule has 0 spiro atoms. The fourth-order valence-electron chi connectivity index (χ4n) is 0.0481. The van der Waals surface area contributed by atoms with E-state index in [2.05, 4.69) is 26.3 Å². The van der Waals surface area contributed by atoms with Crippen LogP contribution < -0.4 is 0 Å². The largest absolute Gasteiger partial charge is 0.125 e. The molecule has 1 unspecified atom stereocenters. The van der Waals surface area contributed by atoms with Gasteiger partial charge in [-0.25, -0.2) is 0 Å². The maximum Gasteiger partial charge on any atom is -0.00519 e. The Kier molecular flexibility index (Phi) is 14.9. The van der Waals surface area contributed by atoms with Gasteiger partial charge in [0.15, 0.2) is 0 Å². The summed E-state index contributed by atoms with van der Waals surface area (Å²) in [6.07, 6.45) is 2.16. The summed E-state index contributed by atoms with van der Waals surface area (Å²) in [5.41, 5.74) is 0. The molecule has 0 aromatic rings. The van der Waals surface area contributed by atoms with E-state index >= 15 is 0 Å². The monoisotopic (exact) mass is 168 g/mol. The summed E-state index contributed by atoms with van der Waals surface area (Å²) in [5, 5.41) is 0. The molecule has 0 saturated heterocycles. The highest BCUT2D eigenvalue weighted by molar-refractivity contribution is 8.48. The number of hydrogen-bond acceptors (Lipinski definition) is 1. The van der Waals surface area contributed by atoms with E-state index in [-0.39, 0.29) is 0 Å². The Bertz CT molecular complexity index is 91.8. The van der Waals surface area contributed by atoms with Gasteiger partial charge < -0.3 is 0 Å². The lowest BCUT2D eigenvalue weighted by molar-refractivity contribution is 1.53. The summed E-state index contributed by atoms with van der Waals surface area (Å²) in [6.45, 7) is 8.16. The zero-order chi connectivity index (χ0) is 6.99. The van der Waals surface area contributed by atoms with Gasteiger partial charge in [-0.15, -0.1) is 22.6 Å². The van der Waals surface area contributed by atoms with E-state index in [0.717, 1.165) is 0 Å². The van der Waals surface area contributed by atoms with Crippen LogP contribution in [0.1, 0.15) is 6.92 Å². The van der Waals surface area contributed by atoms with Gasteiger partial charge in [0, 0.05) is 0 Å². The van der Waals surface area contributed by atoms with Crippen molar-refractivity contribution in [2.75, 3.05) is 12.0 Å². The van der Waals surface area contributed by atoms with Gasteiger partial charge in [-0.05, 0) is 32.1 Å². The highest BCUT2D eigenvalue weighted by atomic mass is 33.1. The number of rotatable bonds is 1. The van der Waals surface area contributed by atoms with Crippen molar-refractivity contribution in [1.29, 1.82) is 0 Å². The van der Waals surface area contributed by atoms with Crippen molar-refractivity contribution in [2.24, 2.45) is 0 Å². The Morgan fingerprint density at radius 1 is 1.62 bits per heavy atom. The van der Waals surface area contributed by atoms with Gasteiger partial charge in [-0.2, -0.15) is 0 Å². The molecule has 0 bridgehead atoms. The summed E-state index contributed by atoms with van der Waals surface area (Å²) in [7, 11) is 1.98. The van der Waals surface area contributed by atoms with Crippen LogP contribution in [-0.4, -0.2) is 12.0 Å². The molecule has 0 saturated carbocycles. The predicted molar refractivity (Wildman–Crippen MR) is 49.8 cm³/mol. The van der Waals surface area contributed by atoms with E-state index in [9.17, 15) is 0 Å². The van der Waals surface area contributed by atoms with Crippen molar-refractivity contribution in [2.45, 2.75) is 6.92 Å². The Hall–Kier alpha value is 0.530. The van der Waals surface area contributed by atoms with Crippen LogP contribution in [0.5, 0.6) is 0 Å². The molecule has 0 aromatic carbocycles. The van der Waals surface area contributed by atoms with Crippen LogP contribution in [0.3, 0.4) is 0 Å². The molecule has 0 aliphatic rings. The molecule has 0 fully saturated rings. The fourth-order valence-corrected chi connectivity index (χ4v) is 1.30. The Morgan fingerprint density at radius 3 is 2.00 bits per heavy atom. The van der Waals surface area contributed by atoms with Gasteiger partial charge in [-0.3, -0.25) is 0 Å². The molecule has 0 aliphatic heterocycles. The van der Waals surface area contributed by atoms with Crippen molar-refractivity contribution in [3.63, 3.8) is 0 Å². The minimum absolute atomic E-state index is 0.448. The van der Waals surface area contributed by atoms with Crippen LogP contribution in [0.2, 0.25) is 0 Å². The molecule has 0 rings (SSSR count). The summed E-state index contributed by atoms with van der Waals surface area (Å²) >= 11 is 4.70. The minimum atomic E-state index is 0.448. The molecule has 8 heavy (non-hydrogen) atoms. The van der Waals surface area contributed by atoms with E-state index in [0.29, 0.717) is 9.45 Å². The van der Waals surface area contributed by atoms with Crippen molar-refractivity contribution in [3.8, 4) is 0 Å². The molecule has 0 radical (unpaired) electrons. The first-order valence-corrected chi connectivity index (χ1v) is 6.30. The normalized spacial score (nSPS) is 10.8. The lowest BCUT2D eigenvalue weighted by atomic mass is 11.0. The molecule has 0 aliphatic carbocycles. The van der Waals surface area contributed by atoms with Gasteiger partial charge in [0.25, 0.3) is 0 Å². The minimum Gasteiger partial charge on any atom is -0.125 e. The van der Waals surface area contributed by atoms with Gasteiger partial charge in [-0.1, -0.05) is 6.92 Å². The van der Waals surface area contributed by atoms with Crippen LogP contribution in [-0.2, 0) is 29.5 Å². The third-order valence-corrected chi connectivity index (χ3v) is 5.06. The maximum absolute atomic E-state index is 4.70. The molecule has 0 heterocycles. The van der Waals surface area contributed by atoms with Crippen LogP contribution in [0.4, 0.5) is 0 Å². The molecule has 0 aromatic heterocycles. The molecular weight excluding hydrogens is 156 g/mol. The first-order valence-electron chi connectivity index (χ1n) is 2.24. The summed E-state index contributed by atoms with van der Waals surface area (Å²) in [5.74, 6) is 1.22. The lowest BCUT2D eigenvalue weighted by Gasteiger charge is -1.82. The van der Waals surface area contributed by atoms with Crippen LogP contribution in [0, 0.1) is 0 Å². The lowest BCUT2D eigenvalue weighted by Crippen LogP contribution is -1.83. The summed E-state index contributed by atoms with van der Waals surface area (Å²) in [6, 6.07) is 0. The third-order valence-electron chi connectivity index (χ3n) is 0.523. The Morgan fingerprint density at radius 2 is 2.00 bits per heavy atom. The SMILES string of the molecule is C=C.CCS(C)=S=S. The molecule has 0 N–H and O–H groups in total. The van der Waals surface area contributed by atoms with Gasteiger partial charge in [0.2, 0.25) is 0 Å². The van der Waals surface area contributed by atoms with Crippen molar-refractivity contribution in [1.82, 2.24) is 0 Å². The second kappa shape index (κ2) is 10.5. The predicted octanol–water partition coefficient (Wildman–Crippen LogP) is 1.52. The Balaban J connectivity index is 0. The van der Waals surface area contributed by atoms with Crippen LogP contribution >= 0.6 is 0 Å². The standard InChI is InChI=1S/C3H8S3.C2H4/c1-3-6(2)5-4;1-2/h3H2,1-2H3;1-2H2. The first kappa shape index (κ1) is 11.3. The van der Waals surface area contributed by atoms with E-state index in [1.165, 1.54) is 14.6 Å². The highest BCUT2D eigenvalue weighted by Gasteiger charge is 1.70. The second-order valence-corrected chi connectivity index (χ2v) is 6.13. The smallest absolute Gasteiger partial charge is 0.00519 e. The zero-order valence-corrected chi connectivity index (χ0v) is 7.80. The van der Waals surface area contributed by atoms with Crippen molar-refractivity contribution >= 4 is 29.5 Å². The quantitative estimate of drug-likeness (QED) is 0.535. The molecule has 50 valence electrons. The van der Waals surface area contributed by atoms with Crippen LogP contribution in [0.25, 0.3) is 0 Å². The molecular formula is C5H12S3. The molecule has 3 heteroatoms. The summed E-state index contributed by atoms with van der Waals surface area (Å²) in [4.78, 5) is 0.